The summed E-state index contributed by atoms with van der Waals surface area (Å²) in [5.41, 5.74) is 3.13. The van der Waals surface area contributed by atoms with Gasteiger partial charge in [0.25, 0.3) is 0 Å². The molecule has 0 atom stereocenters. The predicted octanol–water partition coefficient (Wildman–Crippen LogP) is 2.25. The predicted molar refractivity (Wildman–Crippen MR) is 75.0 cm³/mol. The van der Waals surface area contributed by atoms with Crippen LogP contribution in [0, 0.1) is 13.8 Å². The maximum absolute atomic E-state index is 11.9. The van der Waals surface area contributed by atoms with Crippen LogP contribution in [-0.4, -0.2) is 29.8 Å². The molecule has 0 unspecified atom stereocenters. The first-order valence-electron chi connectivity index (χ1n) is 6.71. The third-order valence-corrected chi connectivity index (χ3v) is 3.55. The molecular formula is C15H20N2O2. The number of aryl methyl sites for hydroxylation is 2. The van der Waals surface area contributed by atoms with Gasteiger partial charge in [0.1, 0.15) is 0 Å². The van der Waals surface area contributed by atoms with Crippen LogP contribution in [0.4, 0.5) is 5.69 Å². The summed E-state index contributed by atoms with van der Waals surface area (Å²) >= 11 is 0. The van der Waals surface area contributed by atoms with E-state index in [9.17, 15) is 9.59 Å². The molecule has 1 saturated heterocycles. The van der Waals surface area contributed by atoms with Gasteiger partial charge in [-0.1, -0.05) is 6.07 Å². The molecule has 0 radical (unpaired) electrons. The second kappa shape index (κ2) is 5.87. The monoisotopic (exact) mass is 260 g/mol. The Bertz CT molecular complexity index is 497. The van der Waals surface area contributed by atoms with E-state index in [0.717, 1.165) is 24.1 Å². The number of piperidine rings is 1. The second-order valence-corrected chi connectivity index (χ2v) is 5.12. The van der Waals surface area contributed by atoms with Gasteiger partial charge in [-0.25, -0.2) is 0 Å². The van der Waals surface area contributed by atoms with Gasteiger partial charge < -0.3 is 10.2 Å². The first-order valence-corrected chi connectivity index (χ1v) is 6.71. The standard InChI is InChI=1S/C15H20N2O2/c1-11-6-7-13(9-12(11)2)16-14(18)10-17-8-4-3-5-15(17)19/h6-7,9H,3-5,8,10H2,1-2H3,(H,16,18). The van der Waals surface area contributed by atoms with E-state index in [2.05, 4.69) is 5.32 Å². The first kappa shape index (κ1) is 13.6. The van der Waals surface area contributed by atoms with Gasteiger partial charge in [-0.05, 0) is 49.9 Å². The van der Waals surface area contributed by atoms with Gasteiger partial charge >= 0.3 is 0 Å². The molecule has 4 heteroatoms. The number of hydrogen-bond acceptors (Lipinski definition) is 2. The highest BCUT2D eigenvalue weighted by Gasteiger charge is 2.20. The lowest BCUT2D eigenvalue weighted by molar-refractivity contribution is -0.136. The van der Waals surface area contributed by atoms with Gasteiger partial charge in [0, 0.05) is 18.7 Å². The molecule has 102 valence electrons. The molecule has 1 aromatic rings. The molecule has 0 aliphatic carbocycles. The molecule has 1 fully saturated rings. The largest absolute Gasteiger partial charge is 0.333 e. The summed E-state index contributed by atoms with van der Waals surface area (Å²) in [6.45, 7) is 4.90. The normalized spacial score (nSPS) is 15.5. The molecule has 2 amide bonds. The maximum atomic E-state index is 11.9. The van der Waals surface area contributed by atoms with Crippen LogP contribution in [0.1, 0.15) is 30.4 Å². The number of likely N-dealkylation sites (tertiary alicyclic amines) is 1. The van der Waals surface area contributed by atoms with Crippen molar-refractivity contribution in [2.45, 2.75) is 33.1 Å². The highest BCUT2D eigenvalue weighted by atomic mass is 16.2. The molecule has 19 heavy (non-hydrogen) atoms. The molecule has 0 aromatic heterocycles. The number of rotatable bonds is 3. The zero-order chi connectivity index (χ0) is 13.8. The topological polar surface area (TPSA) is 49.4 Å². The van der Waals surface area contributed by atoms with Crippen molar-refractivity contribution in [2.75, 3.05) is 18.4 Å². The van der Waals surface area contributed by atoms with E-state index < -0.39 is 0 Å². The Morgan fingerprint density at radius 2 is 2.05 bits per heavy atom. The molecule has 0 bridgehead atoms. The average molecular weight is 260 g/mol. The molecule has 1 aliphatic heterocycles. The minimum Gasteiger partial charge on any atom is -0.333 e. The van der Waals surface area contributed by atoms with Crippen LogP contribution >= 0.6 is 0 Å². The van der Waals surface area contributed by atoms with Gasteiger partial charge in [-0.15, -0.1) is 0 Å². The smallest absolute Gasteiger partial charge is 0.243 e. The molecule has 1 aromatic carbocycles. The summed E-state index contributed by atoms with van der Waals surface area (Å²) < 4.78 is 0. The lowest BCUT2D eigenvalue weighted by Crippen LogP contribution is -2.40. The third kappa shape index (κ3) is 3.56. The minimum absolute atomic E-state index is 0.0847. The number of hydrogen-bond donors (Lipinski definition) is 1. The Hall–Kier alpha value is -1.84. The van der Waals surface area contributed by atoms with Gasteiger partial charge in [0.15, 0.2) is 0 Å². The van der Waals surface area contributed by atoms with E-state index in [1.165, 1.54) is 5.56 Å². The molecular weight excluding hydrogens is 240 g/mol. The lowest BCUT2D eigenvalue weighted by atomic mass is 10.1. The molecule has 1 aliphatic rings. The fourth-order valence-electron chi connectivity index (χ4n) is 2.22. The van der Waals surface area contributed by atoms with Crippen molar-refractivity contribution in [1.29, 1.82) is 0 Å². The van der Waals surface area contributed by atoms with Crippen molar-refractivity contribution in [3.63, 3.8) is 0 Å². The van der Waals surface area contributed by atoms with E-state index >= 15 is 0 Å². The van der Waals surface area contributed by atoms with Crippen LogP contribution in [0.25, 0.3) is 0 Å². The molecule has 2 rings (SSSR count). The fraction of sp³-hybridized carbons (Fsp3) is 0.467. The summed E-state index contributed by atoms with van der Waals surface area (Å²) in [5, 5.41) is 2.84. The second-order valence-electron chi connectivity index (χ2n) is 5.12. The van der Waals surface area contributed by atoms with E-state index in [4.69, 9.17) is 0 Å². The Labute approximate surface area is 113 Å². The molecule has 1 N–H and O–H groups in total. The summed E-state index contributed by atoms with van der Waals surface area (Å²) in [6, 6.07) is 5.82. The van der Waals surface area contributed by atoms with Crippen LogP contribution in [0.2, 0.25) is 0 Å². The van der Waals surface area contributed by atoms with E-state index in [-0.39, 0.29) is 18.4 Å². The molecule has 1 heterocycles. The maximum Gasteiger partial charge on any atom is 0.243 e. The quantitative estimate of drug-likeness (QED) is 0.906. The van der Waals surface area contributed by atoms with Crippen LogP contribution in [-0.2, 0) is 9.59 Å². The Balaban J connectivity index is 1.93. The van der Waals surface area contributed by atoms with Gasteiger partial charge in [-0.3, -0.25) is 9.59 Å². The van der Waals surface area contributed by atoms with Crippen LogP contribution in [0.3, 0.4) is 0 Å². The van der Waals surface area contributed by atoms with E-state index in [1.807, 2.05) is 32.0 Å². The van der Waals surface area contributed by atoms with E-state index in [1.54, 1.807) is 4.90 Å². The van der Waals surface area contributed by atoms with Crippen molar-refractivity contribution >= 4 is 17.5 Å². The summed E-state index contributed by atoms with van der Waals surface area (Å²) in [4.78, 5) is 25.2. The van der Waals surface area contributed by atoms with Crippen molar-refractivity contribution < 1.29 is 9.59 Å². The number of anilines is 1. The van der Waals surface area contributed by atoms with Crippen molar-refractivity contribution in [3.8, 4) is 0 Å². The van der Waals surface area contributed by atoms with Crippen molar-refractivity contribution in [3.05, 3.63) is 29.3 Å². The Morgan fingerprint density at radius 3 is 2.74 bits per heavy atom. The average Bonchev–Trinajstić information content (AvgIpc) is 2.37. The fourth-order valence-corrected chi connectivity index (χ4v) is 2.22. The summed E-state index contributed by atoms with van der Waals surface area (Å²) in [7, 11) is 0. The zero-order valence-corrected chi connectivity index (χ0v) is 11.5. The third-order valence-electron chi connectivity index (χ3n) is 3.55. The molecule has 4 nitrogen and oxygen atoms in total. The van der Waals surface area contributed by atoms with Crippen molar-refractivity contribution in [2.24, 2.45) is 0 Å². The Kier molecular flexibility index (Phi) is 4.20. The lowest BCUT2D eigenvalue weighted by Gasteiger charge is -2.26. The van der Waals surface area contributed by atoms with Gasteiger partial charge in [-0.2, -0.15) is 0 Å². The molecule has 0 spiro atoms. The Morgan fingerprint density at radius 1 is 1.26 bits per heavy atom. The van der Waals surface area contributed by atoms with E-state index in [0.29, 0.717) is 13.0 Å². The van der Waals surface area contributed by atoms with Crippen LogP contribution in [0.15, 0.2) is 18.2 Å². The van der Waals surface area contributed by atoms with Crippen LogP contribution < -0.4 is 5.32 Å². The van der Waals surface area contributed by atoms with Crippen molar-refractivity contribution in [1.82, 2.24) is 4.90 Å². The number of nitrogens with one attached hydrogen (secondary N) is 1. The number of benzene rings is 1. The van der Waals surface area contributed by atoms with Gasteiger partial charge in [0.2, 0.25) is 11.8 Å². The van der Waals surface area contributed by atoms with Crippen LogP contribution in [0.5, 0.6) is 0 Å². The molecule has 0 saturated carbocycles. The summed E-state index contributed by atoms with van der Waals surface area (Å²) in [5.74, 6) is -0.0417. The van der Waals surface area contributed by atoms with Gasteiger partial charge in [0.05, 0.1) is 6.54 Å². The number of carbonyl (C=O) groups is 2. The number of nitrogens with zero attached hydrogens (tertiary/aromatic N) is 1. The number of amides is 2. The zero-order valence-electron chi connectivity index (χ0n) is 11.5. The first-order chi connectivity index (χ1) is 9.06. The highest BCUT2D eigenvalue weighted by molar-refractivity contribution is 5.94. The minimum atomic E-state index is -0.126. The highest BCUT2D eigenvalue weighted by Crippen LogP contribution is 2.15. The number of carbonyl (C=O) groups excluding carboxylic acids is 2. The SMILES string of the molecule is Cc1ccc(NC(=O)CN2CCCCC2=O)cc1C. The summed E-state index contributed by atoms with van der Waals surface area (Å²) in [6.07, 6.45) is 2.49.